The molecule has 0 saturated carbocycles. The molecule has 0 aliphatic carbocycles. The number of halogens is 1. The lowest BCUT2D eigenvalue weighted by atomic mass is 9.96. The molecule has 14 heavy (non-hydrogen) atoms. The van der Waals surface area contributed by atoms with Gasteiger partial charge in [-0.2, -0.15) is 11.8 Å². The van der Waals surface area contributed by atoms with Crippen molar-refractivity contribution in [2.75, 3.05) is 5.75 Å². The van der Waals surface area contributed by atoms with E-state index in [0.717, 1.165) is 34.6 Å². The fourth-order valence-corrected chi connectivity index (χ4v) is 3.02. The Morgan fingerprint density at radius 2 is 2.29 bits per heavy atom. The lowest BCUT2D eigenvalue weighted by molar-refractivity contribution is 0.574. The highest BCUT2D eigenvalue weighted by Gasteiger charge is 2.20. The van der Waals surface area contributed by atoms with Gasteiger partial charge in [-0.3, -0.25) is 0 Å². The van der Waals surface area contributed by atoms with Gasteiger partial charge in [0.1, 0.15) is 5.82 Å². The molecule has 0 amide bonds. The number of nitrogens with two attached hydrogens (primary N) is 1. The lowest BCUT2D eigenvalue weighted by Crippen LogP contribution is -2.14. The maximum atomic E-state index is 13.6. The summed E-state index contributed by atoms with van der Waals surface area (Å²) in [5.41, 5.74) is 8.98. The molecule has 2 N–H and O–H groups in total. The van der Waals surface area contributed by atoms with E-state index in [1.54, 1.807) is 0 Å². The second-order valence-corrected chi connectivity index (χ2v) is 4.81. The van der Waals surface area contributed by atoms with E-state index in [9.17, 15) is 4.39 Å². The first-order valence-electron chi connectivity index (χ1n) is 4.81. The second-order valence-electron chi connectivity index (χ2n) is 3.70. The van der Waals surface area contributed by atoms with Crippen LogP contribution in [0.1, 0.15) is 29.2 Å². The summed E-state index contributed by atoms with van der Waals surface area (Å²) in [6.45, 7) is 2.02. The van der Waals surface area contributed by atoms with Crippen LogP contribution in [0, 0.1) is 12.7 Å². The summed E-state index contributed by atoms with van der Waals surface area (Å²) < 4.78 is 13.6. The summed E-state index contributed by atoms with van der Waals surface area (Å²) in [6.07, 6.45) is 0.873. The van der Waals surface area contributed by atoms with Crippen molar-refractivity contribution in [3.8, 4) is 0 Å². The van der Waals surface area contributed by atoms with Crippen molar-refractivity contribution < 1.29 is 4.39 Å². The summed E-state index contributed by atoms with van der Waals surface area (Å²) in [5.74, 6) is 1.78. The molecule has 0 bridgehead atoms. The van der Waals surface area contributed by atoms with Gasteiger partial charge in [-0.1, -0.05) is 6.07 Å². The Balaban J connectivity index is 2.57. The van der Waals surface area contributed by atoms with E-state index in [0.29, 0.717) is 0 Å². The van der Waals surface area contributed by atoms with Gasteiger partial charge < -0.3 is 5.73 Å². The highest BCUT2D eigenvalue weighted by molar-refractivity contribution is 7.98. The normalized spacial score (nSPS) is 21.5. The van der Waals surface area contributed by atoms with Crippen LogP contribution in [0.5, 0.6) is 0 Å². The minimum atomic E-state index is -0.138. The molecule has 0 aromatic heterocycles. The number of hydrogen-bond donors (Lipinski definition) is 1. The van der Waals surface area contributed by atoms with Gasteiger partial charge >= 0.3 is 0 Å². The van der Waals surface area contributed by atoms with Crippen molar-refractivity contribution >= 4 is 11.8 Å². The van der Waals surface area contributed by atoms with Crippen molar-refractivity contribution in [3.63, 3.8) is 0 Å². The summed E-state index contributed by atoms with van der Waals surface area (Å²) in [6, 6.07) is 3.25. The molecule has 0 radical (unpaired) electrons. The van der Waals surface area contributed by atoms with E-state index in [2.05, 4.69) is 0 Å². The van der Waals surface area contributed by atoms with Gasteiger partial charge in [0, 0.05) is 17.4 Å². The summed E-state index contributed by atoms with van der Waals surface area (Å²) >= 11 is 1.84. The molecule has 0 fully saturated rings. The zero-order chi connectivity index (χ0) is 10.1. The maximum Gasteiger partial charge on any atom is 0.128 e. The fourth-order valence-electron chi connectivity index (χ4n) is 1.87. The van der Waals surface area contributed by atoms with Crippen molar-refractivity contribution in [1.82, 2.24) is 0 Å². The molecule has 1 aliphatic heterocycles. The molecule has 1 heterocycles. The first-order valence-corrected chi connectivity index (χ1v) is 5.97. The van der Waals surface area contributed by atoms with Gasteiger partial charge in [0.05, 0.1) is 0 Å². The molecular formula is C11H14FNS. The lowest BCUT2D eigenvalue weighted by Gasteiger charge is -2.14. The van der Waals surface area contributed by atoms with E-state index < -0.39 is 0 Å². The van der Waals surface area contributed by atoms with E-state index in [1.165, 1.54) is 6.07 Å². The highest BCUT2D eigenvalue weighted by Crippen LogP contribution is 2.32. The van der Waals surface area contributed by atoms with E-state index in [4.69, 9.17) is 5.73 Å². The standard InChI is InChI=1S/C11H14FNS/c1-7-2-3-9(12)11-8(7)6-14-5-4-10(11)13/h2-3,10H,4-6,13H2,1H3/t10-/m0/s1. The van der Waals surface area contributed by atoms with Crippen molar-refractivity contribution in [1.29, 1.82) is 0 Å². The van der Waals surface area contributed by atoms with Crippen LogP contribution in [0.3, 0.4) is 0 Å². The number of thioether (sulfide) groups is 1. The zero-order valence-electron chi connectivity index (χ0n) is 8.22. The smallest absolute Gasteiger partial charge is 0.128 e. The van der Waals surface area contributed by atoms with Crippen LogP contribution < -0.4 is 5.73 Å². The Morgan fingerprint density at radius 1 is 1.50 bits per heavy atom. The third-order valence-electron chi connectivity index (χ3n) is 2.73. The quantitative estimate of drug-likeness (QED) is 0.714. The topological polar surface area (TPSA) is 26.0 Å². The third kappa shape index (κ3) is 1.66. The molecular weight excluding hydrogens is 197 g/mol. The van der Waals surface area contributed by atoms with Crippen LogP contribution in [-0.2, 0) is 5.75 Å². The van der Waals surface area contributed by atoms with Crippen LogP contribution in [0.15, 0.2) is 12.1 Å². The Hall–Kier alpha value is -0.540. The predicted molar refractivity (Wildman–Crippen MR) is 58.8 cm³/mol. The van der Waals surface area contributed by atoms with Crippen LogP contribution >= 0.6 is 11.8 Å². The molecule has 1 aliphatic rings. The average molecular weight is 211 g/mol. The first-order chi connectivity index (χ1) is 6.70. The third-order valence-corrected chi connectivity index (χ3v) is 3.75. The molecule has 1 nitrogen and oxygen atoms in total. The van der Waals surface area contributed by atoms with E-state index >= 15 is 0 Å². The molecule has 1 aromatic carbocycles. The van der Waals surface area contributed by atoms with Gasteiger partial charge in [0.25, 0.3) is 0 Å². The molecule has 0 saturated heterocycles. The van der Waals surface area contributed by atoms with Gasteiger partial charge in [-0.05, 0) is 36.3 Å². The number of benzene rings is 1. The second kappa shape index (κ2) is 3.91. The molecule has 2 rings (SSSR count). The van der Waals surface area contributed by atoms with Gasteiger partial charge in [-0.15, -0.1) is 0 Å². The zero-order valence-corrected chi connectivity index (χ0v) is 9.03. The summed E-state index contributed by atoms with van der Waals surface area (Å²) in [4.78, 5) is 0. The van der Waals surface area contributed by atoms with Crippen LogP contribution in [0.4, 0.5) is 4.39 Å². The van der Waals surface area contributed by atoms with E-state index in [1.807, 2.05) is 24.8 Å². The number of fused-ring (bicyclic) bond motifs is 1. The Bertz CT molecular complexity index is 351. The molecule has 3 heteroatoms. The van der Waals surface area contributed by atoms with Crippen LogP contribution in [-0.4, -0.2) is 5.75 Å². The molecule has 76 valence electrons. The summed E-state index contributed by atoms with van der Waals surface area (Å²) in [7, 11) is 0. The SMILES string of the molecule is Cc1ccc(F)c2c1CSCC[C@@H]2N. The van der Waals surface area contributed by atoms with E-state index in [-0.39, 0.29) is 11.9 Å². The largest absolute Gasteiger partial charge is 0.324 e. The fraction of sp³-hybridized carbons (Fsp3) is 0.455. The monoisotopic (exact) mass is 211 g/mol. The Kier molecular flexibility index (Phi) is 2.79. The molecule has 0 spiro atoms. The first kappa shape index (κ1) is 9.99. The molecule has 1 atom stereocenters. The molecule has 1 aromatic rings. The van der Waals surface area contributed by atoms with Crippen LogP contribution in [0.2, 0.25) is 0 Å². The van der Waals surface area contributed by atoms with Crippen molar-refractivity contribution in [2.45, 2.75) is 25.1 Å². The minimum absolute atomic E-state index is 0.125. The number of hydrogen-bond acceptors (Lipinski definition) is 2. The maximum absolute atomic E-state index is 13.6. The van der Waals surface area contributed by atoms with Crippen molar-refractivity contribution in [2.24, 2.45) is 5.73 Å². The molecule has 0 unspecified atom stereocenters. The predicted octanol–water partition coefficient (Wildman–Crippen LogP) is 2.77. The average Bonchev–Trinajstić information content (AvgIpc) is 2.35. The Labute approximate surface area is 87.9 Å². The highest BCUT2D eigenvalue weighted by atomic mass is 32.2. The minimum Gasteiger partial charge on any atom is -0.324 e. The van der Waals surface area contributed by atoms with Crippen molar-refractivity contribution in [3.05, 3.63) is 34.6 Å². The van der Waals surface area contributed by atoms with Gasteiger partial charge in [0.2, 0.25) is 0 Å². The Morgan fingerprint density at radius 3 is 3.07 bits per heavy atom. The van der Waals surface area contributed by atoms with Gasteiger partial charge in [0.15, 0.2) is 0 Å². The number of rotatable bonds is 0. The van der Waals surface area contributed by atoms with Crippen LogP contribution in [0.25, 0.3) is 0 Å². The van der Waals surface area contributed by atoms with Gasteiger partial charge in [-0.25, -0.2) is 4.39 Å². The number of aryl methyl sites for hydroxylation is 1. The summed E-state index contributed by atoms with van der Waals surface area (Å²) in [5, 5.41) is 0.